The average Bonchev–Trinajstić information content (AvgIpc) is 2.94. The molecule has 0 aliphatic carbocycles. The molecule has 3 heterocycles. The van der Waals surface area contributed by atoms with Gasteiger partial charge in [-0.25, -0.2) is 9.65 Å². The van der Waals surface area contributed by atoms with Gasteiger partial charge in [-0.3, -0.25) is 28.3 Å². The van der Waals surface area contributed by atoms with Crippen LogP contribution in [0, 0.1) is 11.8 Å². The van der Waals surface area contributed by atoms with E-state index < -0.39 is 49.6 Å². The molecular formula is C30H47N2O9P. The van der Waals surface area contributed by atoms with Gasteiger partial charge in [0.05, 0.1) is 19.3 Å². The Morgan fingerprint density at radius 1 is 1.12 bits per heavy atom. The lowest BCUT2D eigenvalue weighted by Gasteiger charge is -2.55. The van der Waals surface area contributed by atoms with Crippen LogP contribution in [-0.4, -0.2) is 79.5 Å². The van der Waals surface area contributed by atoms with Crippen molar-refractivity contribution in [3.63, 3.8) is 0 Å². The number of Topliss-reactive ketones (excluding diaryl/α,β-unsaturated/α-hetero) is 1. The highest BCUT2D eigenvalue weighted by Gasteiger charge is 2.57. The Labute approximate surface area is 249 Å². The summed E-state index contributed by atoms with van der Waals surface area (Å²) in [7, 11) is -2.94. The van der Waals surface area contributed by atoms with Gasteiger partial charge >= 0.3 is 19.7 Å². The molecule has 1 N–H and O–H groups in total. The molecule has 3 saturated heterocycles. The van der Waals surface area contributed by atoms with Crippen molar-refractivity contribution >= 4 is 25.5 Å². The third-order valence-electron chi connectivity index (χ3n) is 7.67. The summed E-state index contributed by atoms with van der Waals surface area (Å²) in [6.07, 6.45) is 0.00988. The smallest absolute Gasteiger partial charge is 0.409 e. The molecule has 3 aliphatic heterocycles. The van der Waals surface area contributed by atoms with Gasteiger partial charge in [-0.1, -0.05) is 51.1 Å². The number of carbonyl (C=O) groups is 3. The molecule has 1 aromatic rings. The zero-order valence-corrected chi connectivity index (χ0v) is 26.8. The number of rotatable bonds is 16. The van der Waals surface area contributed by atoms with Crippen LogP contribution < -0.4 is 5.09 Å². The highest BCUT2D eigenvalue weighted by atomic mass is 31.2. The van der Waals surface area contributed by atoms with Crippen LogP contribution in [0.5, 0.6) is 0 Å². The molecule has 0 amide bonds. The maximum atomic E-state index is 14.6. The van der Waals surface area contributed by atoms with E-state index in [9.17, 15) is 18.9 Å². The maximum absolute atomic E-state index is 14.6. The van der Waals surface area contributed by atoms with Crippen molar-refractivity contribution in [1.82, 2.24) is 9.99 Å². The molecule has 4 rings (SSSR count). The van der Waals surface area contributed by atoms with E-state index in [-0.39, 0.29) is 43.8 Å². The number of esters is 2. The third kappa shape index (κ3) is 8.49. The number of fused-ring (bicyclic) bond motifs is 3. The Bertz CT molecular complexity index is 1120. The third-order valence-corrected chi connectivity index (χ3v) is 9.25. The molecule has 0 radical (unpaired) electrons. The second-order valence-electron chi connectivity index (χ2n) is 11.8. The number of nitrogens with zero attached hydrogens (tertiary/aromatic N) is 1. The van der Waals surface area contributed by atoms with E-state index >= 15 is 0 Å². The minimum atomic E-state index is -4.45. The summed E-state index contributed by atoms with van der Waals surface area (Å²) in [6, 6.07) is 8.15. The summed E-state index contributed by atoms with van der Waals surface area (Å²) >= 11 is 0. The van der Waals surface area contributed by atoms with Gasteiger partial charge in [0, 0.05) is 38.0 Å². The van der Waals surface area contributed by atoms with Crippen molar-refractivity contribution in [3.05, 3.63) is 35.9 Å². The first-order chi connectivity index (χ1) is 19.8. The van der Waals surface area contributed by atoms with E-state index in [2.05, 4.69) is 9.99 Å². The Hall–Kier alpha value is -2.14. The van der Waals surface area contributed by atoms with Crippen molar-refractivity contribution in [1.29, 1.82) is 0 Å². The summed E-state index contributed by atoms with van der Waals surface area (Å²) in [5.74, 6) is -1.78. The number of ether oxygens (including phenoxy) is 3. The molecule has 42 heavy (non-hydrogen) atoms. The van der Waals surface area contributed by atoms with Gasteiger partial charge < -0.3 is 14.2 Å². The molecule has 236 valence electrons. The van der Waals surface area contributed by atoms with Crippen LogP contribution in [0.15, 0.2) is 30.3 Å². The van der Waals surface area contributed by atoms with E-state index in [0.29, 0.717) is 6.54 Å². The molecule has 0 aromatic heterocycles. The summed E-state index contributed by atoms with van der Waals surface area (Å²) in [5.41, 5.74) is -0.396. The number of hydrogen-bond acceptors (Lipinski definition) is 10. The number of benzene rings is 1. The normalized spacial score (nSPS) is 26.6. The van der Waals surface area contributed by atoms with E-state index in [1.807, 2.05) is 37.3 Å². The number of ketones is 1. The van der Waals surface area contributed by atoms with Crippen LogP contribution in [0.3, 0.4) is 0 Å². The van der Waals surface area contributed by atoms with Gasteiger partial charge in [-0.05, 0) is 45.6 Å². The molecule has 2 bridgehead atoms. The zero-order chi connectivity index (χ0) is 31.1. The lowest BCUT2D eigenvalue weighted by molar-refractivity contribution is -0.173. The molecule has 0 saturated carbocycles. The molecule has 11 nitrogen and oxygen atoms in total. The first kappa shape index (κ1) is 34.4. The van der Waals surface area contributed by atoms with E-state index in [1.165, 1.54) is 7.11 Å². The topological polar surface area (TPSA) is 130 Å². The highest BCUT2D eigenvalue weighted by molar-refractivity contribution is 7.51. The van der Waals surface area contributed by atoms with Crippen molar-refractivity contribution in [2.24, 2.45) is 11.8 Å². The van der Waals surface area contributed by atoms with Crippen LogP contribution in [0.1, 0.15) is 66.4 Å². The minimum absolute atomic E-state index is 0.0295. The summed E-state index contributed by atoms with van der Waals surface area (Å²) in [5, 5.41) is 2.80. The number of carbonyl (C=O) groups excluding carboxylic acids is 3. The zero-order valence-electron chi connectivity index (χ0n) is 25.9. The standard InChI is InChI=1S/C30H47N2O9P/c1-8-26(33)40-29(20(2)3)41-42(36,31-25(28(35)39-21(4)5)17-23-12-10-9-11-13-23)38-19-30(18-37-7)27(34)24-14-15-32(30)22(6)16-24/h9-13,20-22,24-25,29H,8,14-19H2,1-7H3,(H,31,36)/t22-,24+,25+,29+,30+,42?/m1/s1. The molecule has 2 unspecified atom stereocenters. The van der Waals surface area contributed by atoms with Gasteiger partial charge in [0.2, 0.25) is 6.29 Å². The lowest BCUT2D eigenvalue weighted by atomic mass is 9.71. The van der Waals surface area contributed by atoms with E-state index in [1.54, 1.807) is 34.6 Å². The van der Waals surface area contributed by atoms with Crippen molar-refractivity contribution in [2.45, 2.75) is 97.2 Å². The predicted octanol–water partition coefficient (Wildman–Crippen LogP) is 4.28. The Morgan fingerprint density at radius 3 is 2.38 bits per heavy atom. The molecule has 0 spiro atoms. The second kappa shape index (κ2) is 15.0. The molecular weight excluding hydrogens is 563 g/mol. The molecule has 12 heteroatoms. The Balaban J connectivity index is 1.98. The van der Waals surface area contributed by atoms with Crippen LogP contribution in [0.25, 0.3) is 0 Å². The number of nitrogens with one attached hydrogen (secondary N) is 1. The first-order valence-electron chi connectivity index (χ1n) is 14.8. The van der Waals surface area contributed by atoms with E-state index in [0.717, 1.165) is 18.4 Å². The van der Waals surface area contributed by atoms with Gasteiger partial charge in [0.1, 0.15) is 11.6 Å². The monoisotopic (exact) mass is 610 g/mol. The van der Waals surface area contributed by atoms with Gasteiger partial charge in [-0.15, -0.1) is 0 Å². The van der Waals surface area contributed by atoms with E-state index in [4.69, 9.17) is 23.3 Å². The van der Waals surface area contributed by atoms with Crippen LogP contribution in [0.2, 0.25) is 0 Å². The SMILES string of the molecule is CCC(=O)O[C@@H](OP(=O)(N[C@@H](Cc1ccccc1)C(=O)OC(C)C)OC[C@@]1(COC)C(=O)[C@H]2CCN1[C@H](C)C2)C(C)C. The number of methoxy groups -OCH3 is 1. The number of hydrogen-bond donors (Lipinski definition) is 1. The van der Waals surface area contributed by atoms with Gasteiger partial charge in [-0.2, -0.15) is 0 Å². The predicted molar refractivity (Wildman–Crippen MR) is 156 cm³/mol. The Kier molecular flexibility index (Phi) is 12.3. The minimum Gasteiger partial charge on any atom is -0.462 e. The summed E-state index contributed by atoms with van der Waals surface area (Å²) in [4.78, 5) is 41.2. The molecule has 7 atom stereocenters. The summed E-state index contributed by atoms with van der Waals surface area (Å²) < 4.78 is 43.2. The largest absolute Gasteiger partial charge is 0.462 e. The average molecular weight is 611 g/mol. The number of piperidine rings is 3. The Morgan fingerprint density at radius 2 is 1.81 bits per heavy atom. The fourth-order valence-electron chi connectivity index (χ4n) is 5.61. The van der Waals surface area contributed by atoms with Gasteiger partial charge in [0.25, 0.3) is 0 Å². The van der Waals surface area contributed by atoms with Gasteiger partial charge in [0.15, 0.2) is 5.78 Å². The molecule has 3 aliphatic rings. The van der Waals surface area contributed by atoms with Crippen LogP contribution in [0.4, 0.5) is 0 Å². The van der Waals surface area contributed by atoms with Crippen LogP contribution >= 0.6 is 7.75 Å². The maximum Gasteiger partial charge on any atom is 0.409 e. The van der Waals surface area contributed by atoms with Crippen molar-refractivity contribution in [2.75, 3.05) is 26.9 Å². The second-order valence-corrected chi connectivity index (χ2v) is 13.5. The van der Waals surface area contributed by atoms with Crippen molar-refractivity contribution in [3.8, 4) is 0 Å². The highest BCUT2D eigenvalue weighted by Crippen LogP contribution is 2.50. The fourth-order valence-corrected chi connectivity index (χ4v) is 7.33. The van der Waals surface area contributed by atoms with Crippen molar-refractivity contribution < 1.29 is 42.2 Å². The molecule has 3 fully saturated rings. The first-order valence-corrected chi connectivity index (χ1v) is 16.3. The lowest BCUT2D eigenvalue weighted by Crippen LogP contribution is -2.71. The quantitative estimate of drug-likeness (QED) is 0.164. The molecule has 1 aromatic carbocycles. The summed E-state index contributed by atoms with van der Waals surface area (Å²) in [6.45, 7) is 11.0. The fraction of sp³-hybridized carbons (Fsp3) is 0.700. The van der Waals surface area contributed by atoms with Crippen LogP contribution in [-0.2, 0) is 48.6 Å².